The lowest BCUT2D eigenvalue weighted by atomic mass is 9.85. The van der Waals surface area contributed by atoms with Crippen molar-refractivity contribution >= 4 is 58.2 Å². The first-order valence-corrected chi connectivity index (χ1v) is 10.7. The Labute approximate surface area is 183 Å². The number of hydrogen-bond donors (Lipinski definition) is 0. The number of imide groups is 2. The fourth-order valence-corrected chi connectivity index (χ4v) is 5.43. The highest BCUT2D eigenvalue weighted by molar-refractivity contribution is 6.31. The molecule has 0 unspecified atom stereocenters. The molecule has 0 saturated carbocycles. The van der Waals surface area contributed by atoms with Crippen molar-refractivity contribution < 1.29 is 19.2 Å². The molecule has 1 aromatic rings. The van der Waals surface area contributed by atoms with Gasteiger partial charge in [-0.15, -0.1) is 0 Å². The van der Waals surface area contributed by atoms with Gasteiger partial charge in [-0.1, -0.05) is 35.4 Å². The van der Waals surface area contributed by atoms with E-state index in [9.17, 15) is 19.2 Å². The van der Waals surface area contributed by atoms with Crippen LogP contribution in [0, 0.1) is 23.7 Å². The summed E-state index contributed by atoms with van der Waals surface area (Å²) in [5.41, 5.74) is 0.862. The largest absolute Gasteiger partial charge is 0.274 e. The Morgan fingerprint density at radius 1 is 0.600 bits per heavy atom. The van der Waals surface area contributed by atoms with Gasteiger partial charge in [-0.3, -0.25) is 29.0 Å². The van der Waals surface area contributed by atoms with Gasteiger partial charge in [0.1, 0.15) is 0 Å². The summed E-state index contributed by atoms with van der Waals surface area (Å²) in [6.45, 7) is 0. The van der Waals surface area contributed by atoms with E-state index in [0.717, 1.165) is 0 Å². The van der Waals surface area contributed by atoms with Gasteiger partial charge in [0.05, 0.1) is 35.0 Å². The van der Waals surface area contributed by atoms with E-state index in [0.29, 0.717) is 47.1 Å². The lowest BCUT2D eigenvalue weighted by molar-refractivity contribution is -0.124. The molecule has 30 heavy (non-hydrogen) atoms. The summed E-state index contributed by atoms with van der Waals surface area (Å²) >= 11 is 12.1. The van der Waals surface area contributed by atoms with Gasteiger partial charge in [0, 0.05) is 10.1 Å². The number of benzene rings is 1. The number of nitrogens with zero attached hydrogens (tertiary/aromatic N) is 2. The Morgan fingerprint density at radius 2 is 0.933 bits per heavy atom. The van der Waals surface area contributed by atoms with E-state index in [-0.39, 0.29) is 35.5 Å². The summed E-state index contributed by atoms with van der Waals surface area (Å²) in [6.07, 6.45) is 5.26. The third kappa shape index (κ3) is 2.85. The van der Waals surface area contributed by atoms with Crippen molar-refractivity contribution in [3.8, 4) is 0 Å². The summed E-state index contributed by atoms with van der Waals surface area (Å²) in [5.74, 6) is -2.64. The minimum absolute atomic E-state index is 0.238. The molecule has 4 atom stereocenters. The molecular weight excluding hydrogens is 427 g/mol. The maximum Gasteiger partial charge on any atom is 0.238 e. The third-order valence-electron chi connectivity index (χ3n) is 6.50. The third-order valence-corrected chi connectivity index (χ3v) is 7.12. The minimum atomic E-state index is -0.434. The van der Waals surface area contributed by atoms with E-state index in [1.165, 1.54) is 9.80 Å². The van der Waals surface area contributed by atoms with Gasteiger partial charge in [0.2, 0.25) is 23.6 Å². The Kier molecular flexibility index (Phi) is 4.60. The summed E-state index contributed by atoms with van der Waals surface area (Å²) < 4.78 is 0. The second-order valence-corrected chi connectivity index (χ2v) is 9.12. The molecule has 2 saturated heterocycles. The van der Waals surface area contributed by atoms with Crippen LogP contribution in [0.3, 0.4) is 0 Å². The molecule has 4 aliphatic rings. The molecule has 1 aromatic carbocycles. The molecule has 2 aliphatic carbocycles. The Bertz CT molecular complexity index is 963. The Balaban J connectivity index is 1.39. The number of anilines is 2. The summed E-state index contributed by atoms with van der Waals surface area (Å²) in [4.78, 5) is 53.6. The van der Waals surface area contributed by atoms with E-state index >= 15 is 0 Å². The second-order valence-electron chi connectivity index (χ2n) is 8.15. The van der Waals surface area contributed by atoms with Crippen LogP contribution in [0.1, 0.15) is 25.7 Å². The van der Waals surface area contributed by atoms with Crippen LogP contribution < -0.4 is 9.80 Å². The molecule has 0 bridgehead atoms. The standard InChI is InChI=1S/C22H18Cl2N2O4/c23-11-1-7-15-17(9-11)21(29)25(19(15)27)13-3-5-14(6-4-13)26-20(28)16-8-2-12(24)10-18(16)22(26)30/h1-6,15-18H,7-10H2/t15-,16-,17+,18+/m1/s1. The first kappa shape index (κ1) is 19.5. The van der Waals surface area contributed by atoms with Crippen LogP contribution in [0.15, 0.2) is 46.5 Å². The number of hydrogen-bond acceptors (Lipinski definition) is 4. The molecule has 0 spiro atoms. The fourth-order valence-electron chi connectivity index (χ4n) is 4.91. The summed E-state index contributed by atoms with van der Waals surface area (Å²) in [7, 11) is 0. The number of rotatable bonds is 2. The van der Waals surface area contributed by atoms with Crippen LogP contribution in [0.2, 0.25) is 0 Å². The van der Waals surface area contributed by atoms with Gasteiger partial charge >= 0.3 is 0 Å². The van der Waals surface area contributed by atoms with E-state index < -0.39 is 11.8 Å². The van der Waals surface area contributed by atoms with Crippen molar-refractivity contribution in [1.82, 2.24) is 0 Å². The number of halogens is 2. The normalized spacial score (nSPS) is 31.0. The molecule has 4 amide bonds. The molecule has 2 heterocycles. The summed E-state index contributed by atoms with van der Waals surface area (Å²) in [6, 6.07) is 6.41. The Hall–Kier alpha value is -2.44. The lowest BCUT2D eigenvalue weighted by Gasteiger charge is -2.18. The molecule has 2 aliphatic heterocycles. The van der Waals surface area contributed by atoms with E-state index in [2.05, 4.69) is 0 Å². The lowest BCUT2D eigenvalue weighted by Crippen LogP contribution is -2.32. The van der Waals surface area contributed by atoms with Crippen molar-refractivity contribution in [2.75, 3.05) is 9.80 Å². The zero-order valence-corrected chi connectivity index (χ0v) is 17.4. The first-order chi connectivity index (χ1) is 14.4. The van der Waals surface area contributed by atoms with Crippen molar-refractivity contribution in [1.29, 1.82) is 0 Å². The molecule has 154 valence electrons. The molecule has 8 heteroatoms. The van der Waals surface area contributed by atoms with Crippen molar-refractivity contribution in [2.45, 2.75) is 25.7 Å². The van der Waals surface area contributed by atoms with Gasteiger partial charge < -0.3 is 0 Å². The maximum atomic E-state index is 12.8. The zero-order chi connectivity index (χ0) is 21.2. The van der Waals surface area contributed by atoms with Crippen LogP contribution in [-0.2, 0) is 19.2 Å². The predicted octanol–water partition coefficient (Wildman–Crippen LogP) is 3.73. The van der Waals surface area contributed by atoms with Gasteiger partial charge in [-0.05, 0) is 49.9 Å². The fraction of sp³-hybridized carbons (Fsp3) is 0.364. The van der Waals surface area contributed by atoms with Gasteiger partial charge in [-0.25, -0.2) is 0 Å². The minimum Gasteiger partial charge on any atom is -0.274 e. The zero-order valence-electron chi connectivity index (χ0n) is 15.9. The average Bonchev–Trinajstić information content (AvgIpc) is 3.12. The monoisotopic (exact) mass is 444 g/mol. The van der Waals surface area contributed by atoms with E-state index in [1.807, 2.05) is 0 Å². The van der Waals surface area contributed by atoms with Crippen LogP contribution in [-0.4, -0.2) is 23.6 Å². The highest BCUT2D eigenvalue weighted by atomic mass is 35.5. The SMILES string of the molecule is O=C1[C@H]2CC(Cl)=CC[C@H]2C(=O)N1c1ccc(N2C(=O)[C@H]3CC(Cl)=CC[C@H]3C2=O)cc1. The first-order valence-electron chi connectivity index (χ1n) is 9.91. The molecule has 6 nitrogen and oxygen atoms in total. The molecule has 2 fully saturated rings. The molecular formula is C22H18Cl2N2O4. The van der Waals surface area contributed by atoms with Crippen molar-refractivity contribution in [2.24, 2.45) is 23.7 Å². The van der Waals surface area contributed by atoms with Gasteiger partial charge in [0.15, 0.2) is 0 Å². The molecule has 5 rings (SSSR count). The number of amides is 4. The van der Waals surface area contributed by atoms with Crippen LogP contribution >= 0.6 is 23.2 Å². The maximum absolute atomic E-state index is 12.8. The number of carbonyl (C=O) groups excluding carboxylic acids is 4. The predicted molar refractivity (Wildman–Crippen MR) is 112 cm³/mol. The quantitative estimate of drug-likeness (QED) is 0.651. The van der Waals surface area contributed by atoms with Crippen LogP contribution in [0.4, 0.5) is 11.4 Å². The van der Waals surface area contributed by atoms with E-state index in [1.54, 1.807) is 36.4 Å². The highest BCUT2D eigenvalue weighted by Crippen LogP contribution is 2.43. The van der Waals surface area contributed by atoms with Gasteiger partial charge in [0.25, 0.3) is 0 Å². The molecule has 0 radical (unpaired) electrons. The number of allylic oxidation sites excluding steroid dienone is 4. The molecule has 0 aromatic heterocycles. The van der Waals surface area contributed by atoms with Crippen LogP contribution in [0.25, 0.3) is 0 Å². The number of fused-ring (bicyclic) bond motifs is 2. The van der Waals surface area contributed by atoms with Crippen molar-refractivity contribution in [3.05, 3.63) is 46.5 Å². The van der Waals surface area contributed by atoms with E-state index in [4.69, 9.17) is 23.2 Å². The second kappa shape index (κ2) is 7.06. The van der Waals surface area contributed by atoms with Crippen LogP contribution in [0.5, 0.6) is 0 Å². The Morgan fingerprint density at radius 3 is 1.30 bits per heavy atom. The van der Waals surface area contributed by atoms with Gasteiger partial charge in [-0.2, -0.15) is 0 Å². The molecule has 0 N–H and O–H groups in total. The van der Waals surface area contributed by atoms with Crippen molar-refractivity contribution in [3.63, 3.8) is 0 Å². The highest BCUT2D eigenvalue weighted by Gasteiger charge is 2.50. The summed E-state index contributed by atoms with van der Waals surface area (Å²) in [5, 5.41) is 1.22. The smallest absolute Gasteiger partial charge is 0.238 e. The average molecular weight is 445 g/mol. The number of carbonyl (C=O) groups is 4. The topological polar surface area (TPSA) is 74.8 Å².